The number of esters is 1. The summed E-state index contributed by atoms with van der Waals surface area (Å²) in [6, 6.07) is 14.1. The zero-order chi connectivity index (χ0) is 21.2. The summed E-state index contributed by atoms with van der Waals surface area (Å²) in [7, 11) is 1.55. The van der Waals surface area contributed by atoms with Gasteiger partial charge in [-0.1, -0.05) is 20.8 Å². The monoisotopic (exact) mass is 395 g/mol. The van der Waals surface area contributed by atoms with Gasteiger partial charge in [0.15, 0.2) is 0 Å². The first kappa shape index (κ1) is 20.1. The van der Waals surface area contributed by atoms with Crippen molar-refractivity contribution >= 4 is 11.7 Å². The minimum atomic E-state index is -0.545. The van der Waals surface area contributed by atoms with Gasteiger partial charge in [-0.15, -0.1) is 0 Å². The topological polar surface area (TPSA) is 96.5 Å². The lowest BCUT2D eigenvalue weighted by Gasteiger charge is -2.13. The molecule has 3 rings (SSSR count). The lowest BCUT2D eigenvalue weighted by Crippen LogP contribution is -2.13. The molecule has 0 unspecified atom stereocenters. The van der Waals surface area contributed by atoms with E-state index in [9.17, 15) is 14.9 Å². The van der Waals surface area contributed by atoms with Gasteiger partial charge in [0, 0.05) is 23.6 Å². The maximum atomic E-state index is 12.6. The third-order valence-corrected chi connectivity index (χ3v) is 4.27. The van der Waals surface area contributed by atoms with Gasteiger partial charge in [-0.25, -0.2) is 9.48 Å². The highest BCUT2D eigenvalue weighted by Gasteiger charge is 2.23. The average Bonchev–Trinajstić information content (AvgIpc) is 3.12. The van der Waals surface area contributed by atoms with E-state index >= 15 is 0 Å². The first-order valence-electron chi connectivity index (χ1n) is 8.90. The number of hydrogen-bond acceptors (Lipinski definition) is 6. The molecule has 0 saturated carbocycles. The summed E-state index contributed by atoms with van der Waals surface area (Å²) in [6.07, 6.45) is 0. The molecule has 0 radical (unpaired) electrons. The summed E-state index contributed by atoms with van der Waals surface area (Å²) in [4.78, 5) is 23.0. The standard InChI is InChI=1S/C21H21N3O5/c1-21(2,3)18-13-19(29-20(25)14-5-11-17(28-4)12-6-14)23(22-18)15-7-9-16(10-8-15)24(26)27/h5-13H,1-4H3. The van der Waals surface area contributed by atoms with Crippen LogP contribution in [0.1, 0.15) is 36.8 Å². The highest BCUT2D eigenvalue weighted by molar-refractivity contribution is 5.91. The molecular weight excluding hydrogens is 374 g/mol. The summed E-state index contributed by atoms with van der Waals surface area (Å²) in [5.41, 5.74) is 1.30. The van der Waals surface area contributed by atoms with E-state index in [0.29, 0.717) is 22.7 Å². The minimum Gasteiger partial charge on any atom is -0.497 e. The molecule has 2 aromatic carbocycles. The molecule has 0 aliphatic rings. The Bertz CT molecular complexity index is 1030. The number of ether oxygens (including phenoxy) is 2. The van der Waals surface area contributed by atoms with E-state index in [0.717, 1.165) is 0 Å². The van der Waals surface area contributed by atoms with Gasteiger partial charge in [0.2, 0.25) is 5.88 Å². The Hall–Kier alpha value is -3.68. The van der Waals surface area contributed by atoms with Crippen molar-refractivity contribution in [3.8, 4) is 17.3 Å². The van der Waals surface area contributed by atoms with Crippen molar-refractivity contribution in [3.63, 3.8) is 0 Å². The lowest BCUT2D eigenvalue weighted by molar-refractivity contribution is -0.384. The third-order valence-electron chi connectivity index (χ3n) is 4.27. The molecule has 0 bridgehead atoms. The second-order valence-corrected chi connectivity index (χ2v) is 7.42. The van der Waals surface area contributed by atoms with E-state index in [1.165, 1.54) is 16.8 Å². The van der Waals surface area contributed by atoms with Crippen LogP contribution in [-0.4, -0.2) is 27.8 Å². The number of aromatic nitrogens is 2. The number of carbonyl (C=O) groups excluding carboxylic acids is 1. The van der Waals surface area contributed by atoms with Crippen molar-refractivity contribution in [2.45, 2.75) is 26.2 Å². The van der Waals surface area contributed by atoms with Crippen molar-refractivity contribution in [3.05, 3.63) is 76.0 Å². The Balaban J connectivity index is 1.96. The normalized spacial score (nSPS) is 11.2. The number of nitro groups is 1. The highest BCUT2D eigenvalue weighted by atomic mass is 16.6. The number of nitrogens with zero attached hydrogens (tertiary/aromatic N) is 3. The van der Waals surface area contributed by atoms with Crippen LogP contribution in [0.3, 0.4) is 0 Å². The number of rotatable bonds is 5. The fourth-order valence-corrected chi connectivity index (χ4v) is 2.58. The van der Waals surface area contributed by atoms with Crippen LogP contribution in [0.4, 0.5) is 5.69 Å². The Kier molecular flexibility index (Phi) is 5.36. The minimum absolute atomic E-state index is 0.0336. The molecule has 8 nitrogen and oxygen atoms in total. The van der Waals surface area contributed by atoms with Gasteiger partial charge in [-0.05, 0) is 36.4 Å². The van der Waals surface area contributed by atoms with Crippen LogP contribution in [0.15, 0.2) is 54.6 Å². The zero-order valence-corrected chi connectivity index (χ0v) is 16.6. The Morgan fingerprint density at radius 2 is 1.69 bits per heavy atom. The fraction of sp³-hybridized carbons (Fsp3) is 0.238. The summed E-state index contributed by atoms with van der Waals surface area (Å²) < 4.78 is 12.2. The van der Waals surface area contributed by atoms with Crippen molar-refractivity contribution in [2.24, 2.45) is 0 Å². The second kappa shape index (κ2) is 7.75. The highest BCUT2D eigenvalue weighted by Crippen LogP contribution is 2.29. The predicted octanol–water partition coefficient (Wildman–Crippen LogP) is 4.31. The van der Waals surface area contributed by atoms with E-state index in [-0.39, 0.29) is 17.0 Å². The Morgan fingerprint density at radius 3 is 2.21 bits per heavy atom. The van der Waals surface area contributed by atoms with Gasteiger partial charge in [0.05, 0.1) is 29.0 Å². The molecule has 0 fully saturated rings. The number of hydrogen-bond donors (Lipinski definition) is 0. The maximum absolute atomic E-state index is 12.6. The number of nitro benzene ring substituents is 1. The Morgan fingerprint density at radius 1 is 1.07 bits per heavy atom. The first-order valence-corrected chi connectivity index (χ1v) is 8.90. The lowest BCUT2D eigenvalue weighted by atomic mass is 9.93. The largest absolute Gasteiger partial charge is 0.497 e. The molecule has 1 aromatic heterocycles. The first-order chi connectivity index (χ1) is 13.7. The van der Waals surface area contributed by atoms with Gasteiger partial charge in [0.1, 0.15) is 5.75 Å². The number of methoxy groups -OCH3 is 1. The van der Waals surface area contributed by atoms with Crippen molar-refractivity contribution < 1.29 is 19.2 Å². The Labute approximate surface area is 167 Å². The molecule has 0 saturated heterocycles. The molecule has 29 heavy (non-hydrogen) atoms. The number of benzene rings is 2. The van der Waals surface area contributed by atoms with Crippen molar-refractivity contribution in [1.29, 1.82) is 0 Å². The van der Waals surface area contributed by atoms with Crippen LogP contribution >= 0.6 is 0 Å². The van der Waals surface area contributed by atoms with Crippen LogP contribution < -0.4 is 9.47 Å². The average molecular weight is 395 g/mol. The van der Waals surface area contributed by atoms with E-state index in [1.807, 2.05) is 20.8 Å². The van der Waals surface area contributed by atoms with Gasteiger partial charge in [-0.2, -0.15) is 5.10 Å². The van der Waals surface area contributed by atoms with Gasteiger partial charge in [-0.3, -0.25) is 10.1 Å². The molecule has 0 amide bonds. The molecule has 3 aromatic rings. The van der Waals surface area contributed by atoms with Crippen LogP contribution in [-0.2, 0) is 5.41 Å². The van der Waals surface area contributed by atoms with E-state index in [4.69, 9.17) is 9.47 Å². The van der Waals surface area contributed by atoms with E-state index < -0.39 is 10.9 Å². The molecule has 8 heteroatoms. The molecule has 0 aliphatic heterocycles. The van der Waals surface area contributed by atoms with Crippen LogP contribution in [0.25, 0.3) is 5.69 Å². The second-order valence-electron chi connectivity index (χ2n) is 7.42. The SMILES string of the molecule is COc1ccc(C(=O)Oc2cc(C(C)(C)C)nn2-c2ccc([N+](=O)[O-])cc2)cc1. The molecular formula is C21H21N3O5. The summed E-state index contributed by atoms with van der Waals surface area (Å²) in [5, 5.41) is 15.5. The quantitative estimate of drug-likeness (QED) is 0.363. The molecule has 0 aliphatic carbocycles. The summed E-state index contributed by atoms with van der Waals surface area (Å²) in [5.74, 6) is 0.313. The van der Waals surface area contributed by atoms with E-state index in [1.54, 1.807) is 49.6 Å². The van der Waals surface area contributed by atoms with Crippen molar-refractivity contribution in [1.82, 2.24) is 9.78 Å². The summed E-state index contributed by atoms with van der Waals surface area (Å²) >= 11 is 0. The predicted molar refractivity (Wildman–Crippen MR) is 107 cm³/mol. The number of carbonyl (C=O) groups is 1. The van der Waals surface area contributed by atoms with Crippen LogP contribution in [0.5, 0.6) is 11.6 Å². The van der Waals surface area contributed by atoms with Gasteiger partial charge in [0.25, 0.3) is 5.69 Å². The third kappa shape index (κ3) is 4.43. The molecule has 0 spiro atoms. The van der Waals surface area contributed by atoms with Gasteiger partial charge >= 0.3 is 5.97 Å². The molecule has 0 N–H and O–H groups in total. The molecule has 1 heterocycles. The van der Waals surface area contributed by atoms with Crippen LogP contribution in [0.2, 0.25) is 0 Å². The van der Waals surface area contributed by atoms with Crippen molar-refractivity contribution in [2.75, 3.05) is 7.11 Å². The molecule has 0 atom stereocenters. The summed E-state index contributed by atoms with van der Waals surface area (Å²) in [6.45, 7) is 5.97. The smallest absolute Gasteiger partial charge is 0.344 e. The van der Waals surface area contributed by atoms with Crippen LogP contribution in [0, 0.1) is 10.1 Å². The van der Waals surface area contributed by atoms with Gasteiger partial charge < -0.3 is 9.47 Å². The number of non-ortho nitro benzene ring substituents is 1. The van der Waals surface area contributed by atoms with E-state index in [2.05, 4.69) is 5.10 Å². The maximum Gasteiger partial charge on any atom is 0.344 e. The zero-order valence-electron chi connectivity index (χ0n) is 16.6. The molecule has 150 valence electrons. The fourth-order valence-electron chi connectivity index (χ4n) is 2.58.